The van der Waals surface area contributed by atoms with Gasteiger partial charge in [-0.15, -0.1) is 0 Å². The smallest absolute Gasteiger partial charge is 0.341 e. The maximum absolute atomic E-state index is 13.6. The number of carbonyl (C=O) groups excluding carboxylic acids is 2. The first-order valence-corrected chi connectivity index (χ1v) is 11.1. The van der Waals surface area contributed by atoms with Gasteiger partial charge in [-0.1, -0.05) is 54.6 Å². The summed E-state index contributed by atoms with van der Waals surface area (Å²) in [6.07, 6.45) is 0. The van der Waals surface area contributed by atoms with Crippen LogP contribution in [0, 0.1) is 10.1 Å². The van der Waals surface area contributed by atoms with Gasteiger partial charge in [-0.25, -0.2) is 4.79 Å². The number of ether oxygens (including phenoxy) is 1. The monoisotopic (exact) mass is 467 g/mol. The zero-order valence-corrected chi connectivity index (χ0v) is 18.9. The average Bonchev–Trinajstić information content (AvgIpc) is 3.41. The molecule has 0 atom stereocenters. The molecule has 0 aliphatic carbocycles. The fraction of sp³-hybridized carbons (Fsp3) is 0.111. The van der Waals surface area contributed by atoms with Crippen molar-refractivity contribution in [1.29, 1.82) is 0 Å². The van der Waals surface area contributed by atoms with Crippen molar-refractivity contribution in [2.24, 2.45) is 0 Å². The molecule has 0 bridgehead atoms. The fourth-order valence-electron chi connectivity index (χ4n) is 4.37. The fourth-order valence-corrected chi connectivity index (χ4v) is 4.37. The van der Waals surface area contributed by atoms with Crippen LogP contribution in [0.15, 0.2) is 84.9 Å². The maximum atomic E-state index is 13.6. The molecule has 5 rings (SSSR count). The topological polar surface area (TPSA) is 95.8 Å². The summed E-state index contributed by atoms with van der Waals surface area (Å²) in [6, 6.07) is 24.5. The number of benzene rings is 3. The molecule has 174 valence electrons. The Morgan fingerprint density at radius 1 is 0.914 bits per heavy atom. The third-order valence-electron chi connectivity index (χ3n) is 5.87. The Morgan fingerprint density at radius 3 is 2.34 bits per heavy atom. The summed E-state index contributed by atoms with van der Waals surface area (Å²) in [5.74, 6) is -0.970. The van der Waals surface area contributed by atoms with Crippen LogP contribution in [0.5, 0.6) is 0 Å². The van der Waals surface area contributed by atoms with Crippen molar-refractivity contribution in [1.82, 2.24) is 8.97 Å². The highest BCUT2D eigenvalue weighted by atomic mass is 16.6. The van der Waals surface area contributed by atoms with Gasteiger partial charge < -0.3 is 9.30 Å². The number of nitro benzene ring substituents is 1. The number of ketones is 1. The Balaban J connectivity index is 1.79. The predicted octanol–water partition coefficient (Wildman–Crippen LogP) is 5.26. The summed E-state index contributed by atoms with van der Waals surface area (Å²) < 4.78 is 9.05. The average molecular weight is 467 g/mol. The molecule has 0 N–H and O–H groups in total. The molecular formula is C27H21N3O5. The quantitative estimate of drug-likeness (QED) is 0.141. The molecule has 0 saturated heterocycles. The molecule has 0 aliphatic rings. The lowest BCUT2D eigenvalue weighted by atomic mass is 10.1. The lowest BCUT2D eigenvalue weighted by Crippen LogP contribution is -2.07. The van der Waals surface area contributed by atoms with E-state index in [2.05, 4.69) is 0 Å². The van der Waals surface area contributed by atoms with Crippen molar-refractivity contribution in [2.75, 3.05) is 6.61 Å². The van der Waals surface area contributed by atoms with Gasteiger partial charge in [-0.05, 0) is 30.7 Å². The minimum atomic E-state index is -0.541. The number of nitro groups is 1. The molecule has 0 amide bonds. The molecule has 0 aliphatic heterocycles. The van der Waals surface area contributed by atoms with E-state index >= 15 is 0 Å². The molecular weight excluding hydrogens is 446 g/mol. The van der Waals surface area contributed by atoms with Crippen molar-refractivity contribution >= 4 is 34.1 Å². The van der Waals surface area contributed by atoms with Crippen molar-refractivity contribution in [3.8, 4) is 0 Å². The molecule has 0 fully saturated rings. The number of hydrogen-bond donors (Lipinski definition) is 0. The summed E-state index contributed by atoms with van der Waals surface area (Å²) >= 11 is 0. The van der Waals surface area contributed by atoms with Crippen LogP contribution < -0.4 is 0 Å². The Bertz CT molecular complexity index is 1600. The van der Waals surface area contributed by atoms with Gasteiger partial charge in [0.05, 0.1) is 28.3 Å². The highest BCUT2D eigenvalue weighted by Gasteiger charge is 2.27. The first kappa shape index (κ1) is 22.1. The van der Waals surface area contributed by atoms with Crippen molar-refractivity contribution in [3.63, 3.8) is 0 Å². The number of carbonyl (C=O) groups is 2. The van der Waals surface area contributed by atoms with Crippen LogP contribution in [0.1, 0.15) is 38.9 Å². The molecule has 8 heteroatoms. The van der Waals surface area contributed by atoms with E-state index in [4.69, 9.17) is 4.74 Å². The zero-order chi connectivity index (χ0) is 24.5. The lowest BCUT2D eigenvalue weighted by molar-refractivity contribution is -0.384. The first-order valence-electron chi connectivity index (χ1n) is 11.1. The van der Waals surface area contributed by atoms with E-state index < -0.39 is 16.7 Å². The second kappa shape index (κ2) is 8.90. The number of fused-ring (bicyclic) bond motifs is 3. The number of imidazole rings is 1. The molecule has 3 aromatic carbocycles. The molecule has 5 aromatic rings. The largest absolute Gasteiger partial charge is 0.462 e. The van der Waals surface area contributed by atoms with E-state index in [0.717, 1.165) is 16.6 Å². The SMILES string of the molecule is CCOC(=O)c1cc(C(=O)c2cccc([N+](=O)[O-])c2)n2c3ccccc3n(Cc3ccccc3)c12. The van der Waals surface area contributed by atoms with Crippen molar-refractivity contribution < 1.29 is 19.2 Å². The van der Waals surface area contributed by atoms with E-state index in [9.17, 15) is 19.7 Å². The Labute approximate surface area is 200 Å². The van der Waals surface area contributed by atoms with Crippen LogP contribution in [-0.2, 0) is 11.3 Å². The lowest BCUT2D eigenvalue weighted by Gasteiger charge is -2.08. The van der Waals surface area contributed by atoms with Gasteiger partial charge in [0, 0.05) is 24.2 Å². The Kier molecular flexibility index (Phi) is 5.62. The molecule has 0 saturated carbocycles. The molecule has 0 radical (unpaired) electrons. The van der Waals surface area contributed by atoms with Gasteiger partial charge in [-0.2, -0.15) is 0 Å². The van der Waals surface area contributed by atoms with Crippen LogP contribution in [0.3, 0.4) is 0 Å². The van der Waals surface area contributed by atoms with Crippen LogP contribution in [0.4, 0.5) is 5.69 Å². The normalized spacial score (nSPS) is 11.1. The van der Waals surface area contributed by atoms with Gasteiger partial charge >= 0.3 is 5.97 Å². The minimum absolute atomic E-state index is 0.161. The number of nitrogens with zero attached hydrogens (tertiary/aromatic N) is 3. The summed E-state index contributed by atoms with van der Waals surface area (Å²) in [4.78, 5) is 37.4. The summed E-state index contributed by atoms with van der Waals surface area (Å²) in [5, 5.41) is 11.3. The van der Waals surface area contributed by atoms with Gasteiger partial charge in [0.1, 0.15) is 11.2 Å². The van der Waals surface area contributed by atoms with E-state index in [-0.39, 0.29) is 29.1 Å². The van der Waals surface area contributed by atoms with Crippen molar-refractivity contribution in [2.45, 2.75) is 13.5 Å². The highest BCUT2D eigenvalue weighted by molar-refractivity contribution is 6.12. The van der Waals surface area contributed by atoms with Gasteiger partial charge in [0.2, 0.25) is 5.78 Å². The van der Waals surface area contributed by atoms with Crippen LogP contribution in [0.2, 0.25) is 0 Å². The van der Waals surface area contributed by atoms with E-state index in [1.54, 1.807) is 11.3 Å². The summed E-state index contributed by atoms with van der Waals surface area (Å²) in [6.45, 7) is 2.38. The molecule has 0 spiro atoms. The number of non-ortho nitro benzene ring substituents is 1. The summed E-state index contributed by atoms with van der Waals surface area (Å²) in [7, 11) is 0. The number of esters is 1. The van der Waals surface area contributed by atoms with Crippen molar-refractivity contribution in [3.05, 3.63) is 117 Å². The highest BCUT2D eigenvalue weighted by Crippen LogP contribution is 2.30. The first-order chi connectivity index (χ1) is 17.0. The second-order valence-corrected chi connectivity index (χ2v) is 8.02. The van der Waals surface area contributed by atoms with Crippen LogP contribution in [0.25, 0.3) is 16.7 Å². The number of hydrogen-bond acceptors (Lipinski definition) is 5. The third kappa shape index (κ3) is 3.85. The number of para-hydroxylation sites is 2. The van der Waals surface area contributed by atoms with Gasteiger partial charge in [0.25, 0.3) is 5.69 Å². The van der Waals surface area contributed by atoms with Crippen LogP contribution in [-0.4, -0.2) is 32.3 Å². The zero-order valence-electron chi connectivity index (χ0n) is 18.9. The minimum Gasteiger partial charge on any atom is -0.462 e. The van der Waals surface area contributed by atoms with E-state index in [1.165, 1.54) is 30.3 Å². The third-order valence-corrected chi connectivity index (χ3v) is 5.87. The van der Waals surface area contributed by atoms with Crippen LogP contribution >= 0.6 is 0 Å². The number of aromatic nitrogens is 2. The molecule has 2 aromatic heterocycles. The molecule has 2 heterocycles. The maximum Gasteiger partial charge on any atom is 0.341 e. The molecule has 0 unspecified atom stereocenters. The summed E-state index contributed by atoms with van der Waals surface area (Å²) in [5.41, 5.74) is 3.60. The second-order valence-electron chi connectivity index (χ2n) is 8.02. The standard InChI is InChI=1S/C27H21N3O5/c1-2-35-27(32)21-16-24(25(31)19-11-8-12-20(15-19)30(33)34)29-23-14-7-6-13-22(23)28(26(21)29)17-18-9-4-3-5-10-18/h3-16H,2,17H2,1H3. The Hall–Kier alpha value is -4.72. The van der Waals surface area contributed by atoms with E-state index in [0.29, 0.717) is 12.2 Å². The van der Waals surface area contributed by atoms with Gasteiger partial charge in [-0.3, -0.25) is 19.3 Å². The van der Waals surface area contributed by atoms with Gasteiger partial charge in [0.15, 0.2) is 0 Å². The van der Waals surface area contributed by atoms with E-state index in [1.807, 2.05) is 59.2 Å². The molecule has 8 nitrogen and oxygen atoms in total. The molecule has 35 heavy (non-hydrogen) atoms. The predicted molar refractivity (Wildman–Crippen MR) is 131 cm³/mol. The number of rotatable bonds is 7. The Morgan fingerprint density at radius 2 is 1.63 bits per heavy atom.